The van der Waals surface area contributed by atoms with Crippen LogP contribution in [0, 0.1) is 0 Å². The lowest BCUT2D eigenvalue weighted by Crippen LogP contribution is -2.26. The Labute approximate surface area is 187 Å². The summed E-state index contributed by atoms with van der Waals surface area (Å²) in [4.78, 5) is 17.8. The van der Waals surface area contributed by atoms with Crippen LogP contribution >= 0.6 is 0 Å². The van der Waals surface area contributed by atoms with Crippen LogP contribution in [0.1, 0.15) is 6.42 Å². The van der Waals surface area contributed by atoms with Crippen molar-refractivity contribution >= 4 is 54.8 Å². The van der Waals surface area contributed by atoms with E-state index in [1.54, 1.807) is 26.2 Å². The summed E-state index contributed by atoms with van der Waals surface area (Å²) in [6.45, 7) is 0. The number of rotatable bonds is 7. The zero-order valence-electron chi connectivity index (χ0n) is 17.9. The van der Waals surface area contributed by atoms with Gasteiger partial charge in [0.05, 0.1) is 22.5 Å². The fraction of sp³-hybridized carbons (Fsp3) is 0.167. The predicted octanol–water partition coefficient (Wildman–Crippen LogP) is 4.35. The molecule has 0 spiro atoms. The quantitative estimate of drug-likeness (QED) is 0.410. The third kappa shape index (κ3) is 4.81. The maximum Gasteiger partial charge on any atom is 0.233 e. The molecule has 1 heterocycles. The molecule has 4 aromatic rings. The smallest absolute Gasteiger partial charge is 0.233 e. The average molecular weight is 449 g/mol. The Kier molecular flexibility index (Phi) is 5.96. The molecule has 1 amide bonds. The van der Waals surface area contributed by atoms with Gasteiger partial charge in [-0.1, -0.05) is 36.4 Å². The molecule has 0 atom stereocenters. The van der Waals surface area contributed by atoms with E-state index in [0.29, 0.717) is 5.69 Å². The second-order valence-corrected chi connectivity index (χ2v) is 9.52. The largest absolute Gasteiger partial charge is 0.354 e. The van der Waals surface area contributed by atoms with Gasteiger partial charge in [-0.15, -0.1) is 0 Å². The zero-order valence-corrected chi connectivity index (χ0v) is 18.7. The van der Waals surface area contributed by atoms with Gasteiger partial charge in [-0.3, -0.25) is 9.52 Å². The number of fused-ring (bicyclic) bond motifs is 2. The van der Waals surface area contributed by atoms with Gasteiger partial charge in [-0.25, -0.2) is 13.4 Å². The van der Waals surface area contributed by atoms with E-state index in [1.165, 1.54) is 4.90 Å². The molecular weight excluding hydrogens is 424 g/mol. The fourth-order valence-corrected chi connectivity index (χ4v) is 4.46. The Morgan fingerprint density at radius 3 is 1.94 bits per heavy atom. The number of para-hydroxylation sites is 2. The zero-order chi connectivity index (χ0) is 22.7. The molecule has 7 nitrogen and oxygen atoms in total. The highest BCUT2D eigenvalue weighted by Crippen LogP contribution is 2.33. The van der Waals surface area contributed by atoms with Crippen LogP contribution < -0.4 is 10.0 Å². The molecule has 0 fully saturated rings. The van der Waals surface area contributed by atoms with Crippen molar-refractivity contribution in [1.82, 2.24) is 9.88 Å². The first-order chi connectivity index (χ1) is 15.3. The summed E-state index contributed by atoms with van der Waals surface area (Å²) in [5, 5.41) is 5.47. The summed E-state index contributed by atoms with van der Waals surface area (Å²) < 4.78 is 27.1. The van der Waals surface area contributed by atoms with Gasteiger partial charge in [0.1, 0.15) is 0 Å². The van der Waals surface area contributed by atoms with Gasteiger partial charge < -0.3 is 10.2 Å². The molecule has 8 heteroatoms. The lowest BCUT2D eigenvalue weighted by Gasteiger charge is -2.14. The number of hydrogen-bond acceptors (Lipinski definition) is 5. The summed E-state index contributed by atoms with van der Waals surface area (Å²) in [5.74, 6) is -0.495. The van der Waals surface area contributed by atoms with Crippen molar-refractivity contribution in [2.45, 2.75) is 6.42 Å². The molecule has 4 rings (SSSR count). The third-order valence-electron chi connectivity index (χ3n) is 5.10. The summed E-state index contributed by atoms with van der Waals surface area (Å²) in [5.41, 5.74) is 3.99. The molecule has 0 saturated heterocycles. The molecular formula is C24H24N4O3S. The maximum atomic E-state index is 12.3. The van der Waals surface area contributed by atoms with Crippen LogP contribution in [0.3, 0.4) is 0 Å². The molecule has 0 unspecified atom stereocenters. The van der Waals surface area contributed by atoms with Crippen molar-refractivity contribution in [3.63, 3.8) is 0 Å². The Bertz CT molecular complexity index is 1330. The van der Waals surface area contributed by atoms with E-state index in [9.17, 15) is 13.2 Å². The van der Waals surface area contributed by atoms with Gasteiger partial charge >= 0.3 is 0 Å². The Hall–Kier alpha value is -3.65. The molecule has 1 aromatic heterocycles. The van der Waals surface area contributed by atoms with Crippen LogP contribution in [-0.4, -0.2) is 44.1 Å². The van der Waals surface area contributed by atoms with Crippen LogP contribution in [0.4, 0.5) is 17.1 Å². The SMILES string of the molecule is CN(C)C(=O)CCS(=O)(=O)Nc1ccc(Nc2c3ccccc3nc3ccccc23)cc1. The van der Waals surface area contributed by atoms with E-state index in [2.05, 4.69) is 10.0 Å². The number of sulfonamides is 1. The van der Waals surface area contributed by atoms with Gasteiger partial charge in [-0.2, -0.15) is 0 Å². The number of anilines is 3. The van der Waals surface area contributed by atoms with Crippen molar-refractivity contribution in [1.29, 1.82) is 0 Å². The minimum Gasteiger partial charge on any atom is -0.354 e. The first-order valence-electron chi connectivity index (χ1n) is 10.2. The summed E-state index contributed by atoms with van der Waals surface area (Å²) in [6.07, 6.45) is -0.0653. The van der Waals surface area contributed by atoms with Gasteiger partial charge in [0.25, 0.3) is 0 Å². The second-order valence-electron chi connectivity index (χ2n) is 7.68. The minimum atomic E-state index is -3.62. The highest BCUT2D eigenvalue weighted by Gasteiger charge is 2.15. The van der Waals surface area contributed by atoms with E-state index in [1.807, 2.05) is 60.7 Å². The Morgan fingerprint density at radius 2 is 1.38 bits per heavy atom. The molecule has 0 radical (unpaired) electrons. The molecule has 0 bridgehead atoms. The van der Waals surface area contributed by atoms with Crippen LogP contribution in [0.2, 0.25) is 0 Å². The Balaban J connectivity index is 1.56. The van der Waals surface area contributed by atoms with Crippen LogP contribution in [-0.2, 0) is 14.8 Å². The van der Waals surface area contributed by atoms with Crippen molar-refractivity contribution in [2.24, 2.45) is 0 Å². The maximum absolute atomic E-state index is 12.3. The number of amides is 1. The van der Waals surface area contributed by atoms with Crippen molar-refractivity contribution in [3.8, 4) is 0 Å². The van der Waals surface area contributed by atoms with Gasteiger partial charge in [0.2, 0.25) is 15.9 Å². The second kappa shape index (κ2) is 8.84. The van der Waals surface area contributed by atoms with Gasteiger partial charge in [-0.05, 0) is 36.4 Å². The van der Waals surface area contributed by atoms with E-state index >= 15 is 0 Å². The number of carbonyl (C=O) groups excluding carboxylic acids is 1. The minimum absolute atomic E-state index is 0.0653. The highest BCUT2D eigenvalue weighted by atomic mass is 32.2. The van der Waals surface area contributed by atoms with Crippen molar-refractivity contribution < 1.29 is 13.2 Å². The van der Waals surface area contributed by atoms with E-state index in [4.69, 9.17) is 4.98 Å². The molecule has 3 aromatic carbocycles. The number of pyridine rings is 1. The van der Waals surface area contributed by atoms with Gasteiger partial charge in [0.15, 0.2) is 0 Å². The number of nitrogens with zero attached hydrogens (tertiary/aromatic N) is 2. The average Bonchev–Trinajstić information content (AvgIpc) is 2.78. The molecule has 0 saturated carbocycles. The van der Waals surface area contributed by atoms with E-state index in [-0.39, 0.29) is 18.1 Å². The third-order valence-corrected chi connectivity index (χ3v) is 6.39. The fourth-order valence-electron chi connectivity index (χ4n) is 3.42. The van der Waals surface area contributed by atoms with Crippen LogP contribution in [0.5, 0.6) is 0 Å². The number of carbonyl (C=O) groups is 1. The van der Waals surface area contributed by atoms with Crippen LogP contribution in [0.15, 0.2) is 72.8 Å². The van der Waals surface area contributed by atoms with Gasteiger partial charge in [0, 0.05) is 42.7 Å². The number of hydrogen-bond donors (Lipinski definition) is 2. The molecule has 0 aliphatic rings. The topological polar surface area (TPSA) is 91.4 Å². The normalized spacial score (nSPS) is 11.4. The number of benzene rings is 3. The molecule has 0 aliphatic carbocycles. The first-order valence-corrected chi connectivity index (χ1v) is 11.8. The van der Waals surface area contributed by atoms with E-state index in [0.717, 1.165) is 33.2 Å². The number of aromatic nitrogens is 1. The molecule has 164 valence electrons. The number of nitrogens with one attached hydrogen (secondary N) is 2. The standard InChI is InChI=1S/C24H24N4O3S/c1-28(2)23(29)15-16-32(30,31)27-18-13-11-17(12-14-18)25-24-19-7-3-5-9-21(19)26-22-10-6-4-8-20(22)24/h3-14,27H,15-16H2,1-2H3,(H,25,26). The summed E-state index contributed by atoms with van der Waals surface area (Å²) in [7, 11) is -0.418. The predicted molar refractivity (Wildman–Crippen MR) is 130 cm³/mol. The summed E-state index contributed by atoms with van der Waals surface area (Å²) in [6, 6.07) is 22.9. The molecule has 32 heavy (non-hydrogen) atoms. The van der Waals surface area contributed by atoms with Crippen molar-refractivity contribution in [2.75, 3.05) is 29.9 Å². The summed E-state index contributed by atoms with van der Waals surface area (Å²) >= 11 is 0. The lowest BCUT2D eigenvalue weighted by atomic mass is 10.1. The van der Waals surface area contributed by atoms with Crippen molar-refractivity contribution in [3.05, 3.63) is 72.8 Å². The molecule has 2 N–H and O–H groups in total. The van der Waals surface area contributed by atoms with Crippen LogP contribution in [0.25, 0.3) is 21.8 Å². The lowest BCUT2D eigenvalue weighted by molar-refractivity contribution is -0.128. The monoisotopic (exact) mass is 448 g/mol. The van der Waals surface area contributed by atoms with E-state index < -0.39 is 10.0 Å². The molecule has 0 aliphatic heterocycles. The highest BCUT2D eigenvalue weighted by molar-refractivity contribution is 7.92. The first kappa shape index (κ1) is 21.6. The Morgan fingerprint density at radius 1 is 0.844 bits per heavy atom.